The number of nitrogens with zero attached hydrogens (tertiary/aromatic N) is 5. The second-order valence-electron chi connectivity index (χ2n) is 3.41. The highest BCUT2D eigenvalue weighted by atomic mass is 35.5. The molecule has 0 aliphatic heterocycles. The topological polar surface area (TPSA) is 109 Å². The normalized spacial score (nSPS) is 11.6. The Bertz CT molecular complexity index is 469. The summed E-state index contributed by atoms with van der Waals surface area (Å²) in [5.41, 5.74) is 5.49. The Kier molecular flexibility index (Phi) is 4.17. The second kappa shape index (κ2) is 5.41. The zero-order valence-electron chi connectivity index (χ0n) is 9.38. The van der Waals surface area contributed by atoms with Crippen molar-refractivity contribution in [1.82, 2.24) is 15.0 Å². The lowest BCUT2D eigenvalue weighted by molar-refractivity contribution is -0.117. The molecule has 0 spiro atoms. The Morgan fingerprint density at radius 1 is 1.53 bits per heavy atom. The number of nitrogens with two attached hydrogens (primary N) is 1. The first-order valence-corrected chi connectivity index (χ1v) is 5.20. The van der Waals surface area contributed by atoms with Gasteiger partial charge in [0.25, 0.3) is 0 Å². The minimum Gasteiger partial charge on any atom is -0.368 e. The first-order chi connectivity index (χ1) is 7.99. The first kappa shape index (κ1) is 13.1. The van der Waals surface area contributed by atoms with Crippen molar-refractivity contribution in [2.45, 2.75) is 5.92 Å². The number of carbonyl (C=O) groups is 1. The van der Waals surface area contributed by atoms with E-state index in [-0.39, 0.29) is 23.6 Å². The highest BCUT2D eigenvalue weighted by Crippen LogP contribution is 2.15. The minimum absolute atomic E-state index is 0.0225. The van der Waals surface area contributed by atoms with Crippen molar-refractivity contribution in [3.8, 4) is 6.07 Å². The van der Waals surface area contributed by atoms with Gasteiger partial charge in [-0.15, -0.1) is 11.6 Å². The number of carbonyl (C=O) groups excluding carboxylic acids is 1. The Morgan fingerprint density at radius 2 is 2.18 bits per heavy atom. The van der Waals surface area contributed by atoms with Gasteiger partial charge in [-0.1, -0.05) is 0 Å². The first-order valence-electron chi connectivity index (χ1n) is 4.66. The van der Waals surface area contributed by atoms with Crippen molar-refractivity contribution in [3.63, 3.8) is 0 Å². The molecule has 2 N–H and O–H groups in total. The summed E-state index contributed by atoms with van der Waals surface area (Å²) < 4.78 is 0. The van der Waals surface area contributed by atoms with Gasteiger partial charge in [0, 0.05) is 14.1 Å². The number of Topliss-reactive ketones (excluding diaryl/α,β-unsaturated/α-hetero) is 1. The molecule has 0 aliphatic carbocycles. The summed E-state index contributed by atoms with van der Waals surface area (Å²) in [7, 11) is 3.42. The van der Waals surface area contributed by atoms with E-state index in [0.29, 0.717) is 0 Å². The molecule has 0 amide bonds. The number of halogens is 1. The van der Waals surface area contributed by atoms with E-state index in [1.165, 1.54) is 0 Å². The van der Waals surface area contributed by atoms with Crippen molar-refractivity contribution < 1.29 is 4.79 Å². The van der Waals surface area contributed by atoms with Crippen molar-refractivity contribution in [2.75, 3.05) is 30.6 Å². The molecule has 7 nitrogen and oxygen atoms in total. The quantitative estimate of drug-likeness (QED) is 0.749. The maximum absolute atomic E-state index is 11.4. The number of hydrogen-bond donors (Lipinski definition) is 1. The van der Waals surface area contributed by atoms with Gasteiger partial charge < -0.3 is 10.6 Å². The molecule has 0 radical (unpaired) electrons. The maximum Gasteiger partial charge on any atom is 0.229 e. The Balaban J connectivity index is 3.21. The predicted molar refractivity (Wildman–Crippen MR) is 62.6 cm³/mol. The fourth-order valence-electron chi connectivity index (χ4n) is 1.08. The minimum atomic E-state index is -1.11. The van der Waals surface area contributed by atoms with Crippen LogP contribution in [-0.2, 0) is 4.79 Å². The van der Waals surface area contributed by atoms with Crippen molar-refractivity contribution in [1.29, 1.82) is 5.26 Å². The van der Waals surface area contributed by atoms with Crippen LogP contribution in [0.5, 0.6) is 0 Å². The lowest BCUT2D eigenvalue weighted by Gasteiger charge is -2.12. The second-order valence-corrected chi connectivity index (χ2v) is 3.68. The standard InChI is InChI=1S/C9H11ClN6O/c1-16(2)9-14-7(13-8(12)15-9)5(4-11)6(17)3-10/h5H,3H2,1-2H3,(H2,12,13,14,15). The van der Waals surface area contributed by atoms with Gasteiger partial charge in [0.2, 0.25) is 11.9 Å². The van der Waals surface area contributed by atoms with Gasteiger partial charge in [-0.2, -0.15) is 20.2 Å². The van der Waals surface area contributed by atoms with Gasteiger partial charge in [0.1, 0.15) is 0 Å². The van der Waals surface area contributed by atoms with E-state index < -0.39 is 11.7 Å². The van der Waals surface area contributed by atoms with Crippen LogP contribution in [0.25, 0.3) is 0 Å². The van der Waals surface area contributed by atoms with E-state index >= 15 is 0 Å². The van der Waals surface area contributed by atoms with Crippen LogP contribution in [0.4, 0.5) is 11.9 Å². The van der Waals surface area contributed by atoms with Gasteiger partial charge in [0.15, 0.2) is 17.5 Å². The summed E-state index contributed by atoms with van der Waals surface area (Å²) >= 11 is 5.40. The molecule has 0 fully saturated rings. The Hall–Kier alpha value is -1.94. The molecule has 0 bridgehead atoms. The lowest BCUT2D eigenvalue weighted by Crippen LogP contribution is -2.20. The monoisotopic (exact) mass is 254 g/mol. The number of nitriles is 1. The molecule has 1 aromatic heterocycles. The summed E-state index contributed by atoms with van der Waals surface area (Å²) in [5, 5.41) is 8.92. The average Bonchev–Trinajstić information content (AvgIpc) is 2.28. The summed E-state index contributed by atoms with van der Waals surface area (Å²) in [4.78, 5) is 24.7. The van der Waals surface area contributed by atoms with Gasteiger partial charge in [-0.3, -0.25) is 4.79 Å². The number of ketones is 1. The van der Waals surface area contributed by atoms with Gasteiger partial charge >= 0.3 is 0 Å². The molecule has 1 unspecified atom stereocenters. The van der Waals surface area contributed by atoms with Gasteiger partial charge in [-0.25, -0.2) is 0 Å². The van der Waals surface area contributed by atoms with Crippen LogP contribution in [0.15, 0.2) is 0 Å². The summed E-state index contributed by atoms with van der Waals surface area (Å²) in [6, 6.07) is 1.80. The van der Waals surface area contributed by atoms with E-state index in [2.05, 4.69) is 15.0 Å². The number of nitrogen functional groups attached to an aromatic ring is 1. The molecular weight excluding hydrogens is 244 g/mol. The molecule has 1 aromatic rings. The number of rotatable bonds is 4. The van der Waals surface area contributed by atoms with Crippen LogP contribution < -0.4 is 10.6 Å². The number of hydrogen-bond acceptors (Lipinski definition) is 7. The molecule has 1 rings (SSSR count). The summed E-state index contributed by atoms with van der Waals surface area (Å²) in [5.74, 6) is -1.59. The van der Waals surface area contributed by atoms with Crippen LogP contribution >= 0.6 is 11.6 Å². The third-order valence-corrected chi connectivity index (χ3v) is 2.16. The predicted octanol–water partition coefficient (Wildman–Crippen LogP) is -0.0651. The van der Waals surface area contributed by atoms with E-state index in [4.69, 9.17) is 22.6 Å². The smallest absolute Gasteiger partial charge is 0.229 e. The average molecular weight is 255 g/mol. The van der Waals surface area contributed by atoms with Crippen LogP contribution in [0.1, 0.15) is 11.7 Å². The fraction of sp³-hybridized carbons (Fsp3) is 0.444. The number of aromatic nitrogens is 3. The van der Waals surface area contributed by atoms with Crippen molar-refractivity contribution >= 4 is 29.3 Å². The highest BCUT2D eigenvalue weighted by molar-refractivity contribution is 6.28. The van der Waals surface area contributed by atoms with E-state index in [0.717, 1.165) is 0 Å². The van der Waals surface area contributed by atoms with E-state index in [1.807, 2.05) is 0 Å². The summed E-state index contributed by atoms with van der Waals surface area (Å²) in [6.07, 6.45) is 0. The van der Waals surface area contributed by atoms with Crippen LogP contribution in [-0.4, -0.2) is 40.7 Å². The van der Waals surface area contributed by atoms with Crippen LogP contribution in [0.2, 0.25) is 0 Å². The number of alkyl halides is 1. The molecule has 0 saturated carbocycles. The molecule has 17 heavy (non-hydrogen) atoms. The molecule has 1 heterocycles. The summed E-state index contributed by atoms with van der Waals surface area (Å²) in [6.45, 7) is 0. The van der Waals surface area contributed by atoms with E-state index in [9.17, 15) is 4.79 Å². The molecule has 1 atom stereocenters. The van der Waals surface area contributed by atoms with Gasteiger partial charge in [0.05, 0.1) is 11.9 Å². The van der Waals surface area contributed by atoms with Gasteiger partial charge in [-0.05, 0) is 0 Å². The molecule has 8 heteroatoms. The third kappa shape index (κ3) is 3.01. The molecule has 0 aliphatic rings. The third-order valence-electron chi connectivity index (χ3n) is 1.90. The highest BCUT2D eigenvalue weighted by Gasteiger charge is 2.23. The van der Waals surface area contributed by atoms with Crippen molar-refractivity contribution in [2.24, 2.45) is 0 Å². The molecule has 0 saturated heterocycles. The lowest BCUT2D eigenvalue weighted by atomic mass is 10.1. The maximum atomic E-state index is 11.4. The Labute approximate surface area is 103 Å². The number of anilines is 2. The largest absolute Gasteiger partial charge is 0.368 e. The molecule has 0 aromatic carbocycles. The molecule has 90 valence electrons. The Morgan fingerprint density at radius 3 is 2.65 bits per heavy atom. The van der Waals surface area contributed by atoms with E-state index in [1.54, 1.807) is 25.1 Å². The van der Waals surface area contributed by atoms with Crippen LogP contribution in [0.3, 0.4) is 0 Å². The zero-order valence-corrected chi connectivity index (χ0v) is 10.1. The molecular formula is C9H11ClN6O. The zero-order chi connectivity index (χ0) is 13.0. The van der Waals surface area contributed by atoms with Crippen LogP contribution in [0, 0.1) is 11.3 Å². The SMILES string of the molecule is CN(C)c1nc(N)nc(C(C#N)C(=O)CCl)n1. The fourth-order valence-corrected chi connectivity index (χ4v) is 1.23. The van der Waals surface area contributed by atoms with Crippen molar-refractivity contribution in [3.05, 3.63) is 5.82 Å².